The minimum atomic E-state index is -0.0446. The van der Waals surface area contributed by atoms with Crippen molar-refractivity contribution in [1.82, 2.24) is 0 Å². The van der Waals surface area contributed by atoms with Crippen molar-refractivity contribution in [2.24, 2.45) is 0 Å². The van der Waals surface area contributed by atoms with Crippen LogP contribution in [0.1, 0.15) is 75.3 Å². The summed E-state index contributed by atoms with van der Waals surface area (Å²) in [5.74, 6) is 0. The number of aryl methyl sites for hydroxylation is 1. The molecule has 0 heterocycles. The van der Waals surface area contributed by atoms with E-state index in [1.54, 1.807) is 7.11 Å². The minimum Gasteiger partial charge on any atom is -0.359 e. The quantitative estimate of drug-likeness (QED) is 0.198. The molecule has 0 bridgehead atoms. The van der Waals surface area contributed by atoms with Crippen LogP contribution in [-0.2, 0) is 14.9 Å². The first-order valence-electron chi connectivity index (χ1n) is 11.8. The molecular formula is C26H39O2P. The van der Waals surface area contributed by atoms with E-state index in [0.717, 1.165) is 17.9 Å². The first-order valence-corrected chi connectivity index (χ1v) is 13.3. The summed E-state index contributed by atoms with van der Waals surface area (Å²) in [6, 6.07) is 9.21. The van der Waals surface area contributed by atoms with Crippen molar-refractivity contribution in [1.29, 1.82) is 0 Å². The molecule has 4 rings (SSSR count). The highest BCUT2D eigenvalue weighted by molar-refractivity contribution is 7.60. The molecule has 0 N–H and O–H groups in total. The molecule has 1 aromatic carbocycles. The first kappa shape index (κ1) is 21.5. The summed E-state index contributed by atoms with van der Waals surface area (Å²) < 4.78 is 11.3. The molecule has 3 aliphatic rings. The second kappa shape index (κ2) is 9.63. The van der Waals surface area contributed by atoms with Gasteiger partial charge < -0.3 is 9.47 Å². The van der Waals surface area contributed by atoms with Crippen molar-refractivity contribution in [3.63, 3.8) is 0 Å². The molecule has 0 aromatic heterocycles. The lowest BCUT2D eigenvalue weighted by atomic mass is 9.95. The lowest BCUT2D eigenvalue weighted by Crippen LogP contribution is -2.27. The van der Waals surface area contributed by atoms with E-state index in [9.17, 15) is 0 Å². The molecule has 29 heavy (non-hydrogen) atoms. The second-order valence-corrected chi connectivity index (χ2v) is 12.4. The highest BCUT2D eigenvalue weighted by atomic mass is 31.1. The number of ether oxygens (including phenoxy) is 2. The minimum absolute atomic E-state index is 0.0207. The lowest BCUT2D eigenvalue weighted by Gasteiger charge is -2.40. The number of benzene rings is 1. The average molecular weight is 415 g/mol. The zero-order valence-electron chi connectivity index (χ0n) is 18.5. The van der Waals surface area contributed by atoms with E-state index in [1.807, 2.05) is 0 Å². The van der Waals surface area contributed by atoms with Gasteiger partial charge in [-0.25, -0.2) is 0 Å². The Kier molecular flexibility index (Phi) is 7.15. The average Bonchev–Trinajstić information content (AvgIpc) is 3.34. The summed E-state index contributed by atoms with van der Waals surface area (Å²) >= 11 is 0. The molecule has 0 spiro atoms. The molecule has 3 heteroatoms. The summed E-state index contributed by atoms with van der Waals surface area (Å²) in [6.07, 6.45) is 14.4. The van der Waals surface area contributed by atoms with Crippen LogP contribution in [-0.4, -0.2) is 37.5 Å². The second-order valence-electron chi connectivity index (χ2n) is 9.55. The molecular weight excluding hydrogens is 375 g/mol. The van der Waals surface area contributed by atoms with Gasteiger partial charge >= 0.3 is 0 Å². The third kappa shape index (κ3) is 4.36. The van der Waals surface area contributed by atoms with Gasteiger partial charge in [0.2, 0.25) is 0 Å². The fraction of sp³-hybridized carbons (Fsp3) is 0.692. The van der Waals surface area contributed by atoms with Gasteiger partial charge in [-0.3, -0.25) is 0 Å². The lowest BCUT2D eigenvalue weighted by molar-refractivity contribution is -0.0370. The van der Waals surface area contributed by atoms with Gasteiger partial charge in [0.25, 0.3) is 0 Å². The third-order valence-electron chi connectivity index (χ3n) is 7.67. The summed E-state index contributed by atoms with van der Waals surface area (Å²) in [5, 5.41) is 0. The van der Waals surface area contributed by atoms with Gasteiger partial charge in [0.15, 0.2) is 0 Å². The summed E-state index contributed by atoms with van der Waals surface area (Å²) in [7, 11) is 1.67. The Hall–Kier alpha value is -0.690. The van der Waals surface area contributed by atoms with E-state index >= 15 is 0 Å². The first-order chi connectivity index (χ1) is 14.2. The van der Waals surface area contributed by atoms with Gasteiger partial charge in [-0.1, -0.05) is 88.4 Å². The van der Waals surface area contributed by atoms with Gasteiger partial charge in [0, 0.05) is 12.8 Å². The van der Waals surface area contributed by atoms with Crippen LogP contribution in [0.2, 0.25) is 0 Å². The molecule has 2 atom stereocenters. The maximum Gasteiger partial charge on any atom is 0.146 e. The summed E-state index contributed by atoms with van der Waals surface area (Å²) in [5.41, 5.74) is 6.76. The van der Waals surface area contributed by atoms with Crippen molar-refractivity contribution in [3.05, 3.63) is 47.5 Å². The smallest absolute Gasteiger partial charge is 0.146 e. The van der Waals surface area contributed by atoms with Crippen molar-refractivity contribution in [2.75, 3.05) is 20.5 Å². The molecule has 3 saturated carbocycles. The molecule has 0 amide bonds. The van der Waals surface area contributed by atoms with Crippen LogP contribution in [0, 0.1) is 6.92 Å². The Labute approximate surface area is 179 Å². The Morgan fingerprint density at radius 1 is 0.931 bits per heavy atom. The Bertz CT molecular complexity index is 654. The molecule has 0 saturated heterocycles. The van der Waals surface area contributed by atoms with Crippen LogP contribution in [0.25, 0.3) is 0 Å². The van der Waals surface area contributed by atoms with Gasteiger partial charge in [0.05, 0.1) is 12.0 Å². The predicted molar refractivity (Wildman–Crippen MR) is 124 cm³/mol. The van der Waals surface area contributed by atoms with Crippen LogP contribution >= 0.6 is 7.92 Å². The molecule has 3 fully saturated rings. The van der Waals surface area contributed by atoms with E-state index in [2.05, 4.69) is 37.8 Å². The molecule has 2 nitrogen and oxygen atoms in total. The van der Waals surface area contributed by atoms with Crippen molar-refractivity contribution >= 4 is 7.92 Å². The highest BCUT2D eigenvalue weighted by Gasteiger charge is 2.64. The number of methoxy groups -OCH3 is 1. The van der Waals surface area contributed by atoms with E-state index in [0.29, 0.717) is 12.5 Å². The van der Waals surface area contributed by atoms with Crippen molar-refractivity contribution < 1.29 is 9.47 Å². The third-order valence-corrected chi connectivity index (χ3v) is 11.7. The Morgan fingerprint density at radius 3 is 2.00 bits per heavy atom. The van der Waals surface area contributed by atoms with Crippen LogP contribution in [0.5, 0.6) is 0 Å². The zero-order valence-corrected chi connectivity index (χ0v) is 19.4. The van der Waals surface area contributed by atoms with E-state index in [4.69, 9.17) is 9.47 Å². The van der Waals surface area contributed by atoms with Crippen LogP contribution in [0.3, 0.4) is 0 Å². The fourth-order valence-corrected chi connectivity index (χ4v) is 10.8. The zero-order chi connectivity index (χ0) is 20.3. The SMILES string of the molecule is C=C1[C@@H](P(C2CCCCC2)C2CCCCC2)[C@@]1(COCOC)c1ccc(C)cc1. The summed E-state index contributed by atoms with van der Waals surface area (Å²) in [4.78, 5) is 0. The van der Waals surface area contributed by atoms with Crippen molar-refractivity contribution in [3.8, 4) is 0 Å². The molecule has 160 valence electrons. The van der Waals surface area contributed by atoms with E-state index in [-0.39, 0.29) is 13.3 Å². The Balaban J connectivity index is 1.65. The monoisotopic (exact) mass is 414 g/mol. The maximum atomic E-state index is 6.05. The number of hydrogen-bond acceptors (Lipinski definition) is 2. The maximum absolute atomic E-state index is 6.05. The van der Waals surface area contributed by atoms with Crippen LogP contribution < -0.4 is 0 Å². The predicted octanol–water partition coefficient (Wildman–Crippen LogP) is 6.94. The standard InChI is InChI=1S/C26H39O2P/c1-20-14-16-22(17-15-20)26(18-28-19-27-3)21(2)25(26)29(23-10-6-4-7-11-23)24-12-8-5-9-13-24/h14-17,23-25H,2,4-13,18-19H2,1,3H3/t25-,26-/m1/s1. The molecule has 3 aliphatic carbocycles. The van der Waals surface area contributed by atoms with Gasteiger partial charge in [-0.15, -0.1) is 0 Å². The fourth-order valence-electron chi connectivity index (χ4n) is 6.07. The van der Waals surface area contributed by atoms with Gasteiger partial charge in [-0.2, -0.15) is 0 Å². The number of hydrogen-bond donors (Lipinski definition) is 0. The van der Waals surface area contributed by atoms with Crippen molar-refractivity contribution in [2.45, 2.75) is 93.5 Å². The number of rotatable bonds is 8. The van der Waals surface area contributed by atoms with E-state index < -0.39 is 0 Å². The summed E-state index contributed by atoms with van der Waals surface area (Å²) in [6.45, 7) is 7.96. The Morgan fingerprint density at radius 2 is 1.48 bits per heavy atom. The highest BCUT2D eigenvalue weighted by Crippen LogP contribution is 2.74. The topological polar surface area (TPSA) is 18.5 Å². The van der Waals surface area contributed by atoms with Gasteiger partial charge in [-0.05, 0) is 49.5 Å². The molecule has 0 unspecified atom stereocenters. The van der Waals surface area contributed by atoms with Crippen LogP contribution in [0.4, 0.5) is 0 Å². The normalized spacial score (nSPS) is 28.8. The molecule has 0 radical (unpaired) electrons. The molecule has 1 aromatic rings. The van der Waals surface area contributed by atoms with Gasteiger partial charge in [0.1, 0.15) is 6.79 Å². The molecule has 0 aliphatic heterocycles. The van der Waals surface area contributed by atoms with Crippen LogP contribution in [0.15, 0.2) is 36.4 Å². The van der Waals surface area contributed by atoms with E-state index in [1.165, 1.54) is 80.9 Å². The largest absolute Gasteiger partial charge is 0.359 e.